The predicted octanol–water partition coefficient (Wildman–Crippen LogP) is 2.06. The van der Waals surface area contributed by atoms with Crippen molar-refractivity contribution >= 4 is 5.78 Å². The standard InChI is InChI=1S/C9H10F2N2O/c1-9(10,11)8-3-2-7(14)6-4-5-12-13(6)8/h4-5,8H,2-3H2,1H3. The molecule has 0 N–H and O–H groups in total. The minimum Gasteiger partial charge on any atom is -0.292 e. The Morgan fingerprint density at radius 1 is 1.64 bits per heavy atom. The Bertz CT molecular complexity index is 367. The van der Waals surface area contributed by atoms with Crippen molar-refractivity contribution in [3.63, 3.8) is 0 Å². The third-order valence-electron chi connectivity index (χ3n) is 2.48. The summed E-state index contributed by atoms with van der Waals surface area (Å²) in [7, 11) is 0. The average molecular weight is 200 g/mol. The molecule has 0 amide bonds. The molecule has 1 aromatic heterocycles. The predicted molar refractivity (Wildman–Crippen MR) is 45.4 cm³/mol. The number of alkyl halides is 2. The molecule has 0 saturated heterocycles. The quantitative estimate of drug-likeness (QED) is 0.695. The number of fused-ring (bicyclic) bond motifs is 1. The van der Waals surface area contributed by atoms with Gasteiger partial charge in [-0.15, -0.1) is 0 Å². The Morgan fingerprint density at radius 2 is 2.36 bits per heavy atom. The number of carbonyl (C=O) groups excluding carboxylic acids is 1. The Kier molecular flexibility index (Phi) is 1.90. The Balaban J connectivity index is 2.44. The zero-order valence-electron chi connectivity index (χ0n) is 7.70. The monoisotopic (exact) mass is 200 g/mol. The van der Waals surface area contributed by atoms with E-state index < -0.39 is 12.0 Å². The molecule has 0 aromatic carbocycles. The molecule has 0 spiro atoms. The lowest BCUT2D eigenvalue weighted by molar-refractivity contribution is -0.0431. The van der Waals surface area contributed by atoms with Crippen molar-refractivity contribution in [2.75, 3.05) is 0 Å². The van der Waals surface area contributed by atoms with E-state index in [1.807, 2.05) is 0 Å². The van der Waals surface area contributed by atoms with Crippen LogP contribution < -0.4 is 0 Å². The highest BCUT2D eigenvalue weighted by atomic mass is 19.3. The second kappa shape index (κ2) is 2.87. The molecule has 0 saturated carbocycles. The molecule has 0 aliphatic carbocycles. The summed E-state index contributed by atoms with van der Waals surface area (Å²) in [5.74, 6) is -2.94. The maximum absolute atomic E-state index is 13.1. The van der Waals surface area contributed by atoms with E-state index >= 15 is 0 Å². The van der Waals surface area contributed by atoms with Crippen molar-refractivity contribution in [2.45, 2.75) is 31.7 Å². The number of rotatable bonds is 1. The minimum atomic E-state index is -2.83. The minimum absolute atomic E-state index is 0.108. The van der Waals surface area contributed by atoms with E-state index in [0.29, 0.717) is 5.69 Å². The summed E-state index contributed by atoms with van der Waals surface area (Å²) in [5, 5.41) is 3.77. The van der Waals surface area contributed by atoms with Crippen LogP contribution in [0.25, 0.3) is 0 Å². The van der Waals surface area contributed by atoms with Crippen molar-refractivity contribution in [1.29, 1.82) is 0 Å². The lowest BCUT2D eigenvalue weighted by atomic mass is 9.98. The Hall–Kier alpha value is -1.26. The first-order valence-corrected chi connectivity index (χ1v) is 4.44. The smallest absolute Gasteiger partial charge is 0.267 e. The van der Waals surface area contributed by atoms with Crippen LogP contribution in [0.15, 0.2) is 12.3 Å². The first kappa shape index (κ1) is 9.30. The lowest BCUT2D eigenvalue weighted by Gasteiger charge is -2.28. The fourth-order valence-electron chi connectivity index (χ4n) is 1.77. The molecule has 14 heavy (non-hydrogen) atoms. The van der Waals surface area contributed by atoms with Gasteiger partial charge in [-0.2, -0.15) is 5.10 Å². The number of hydrogen-bond donors (Lipinski definition) is 0. The normalized spacial score (nSPS) is 22.2. The molecule has 0 fully saturated rings. The summed E-state index contributed by atoms with van der Waals surface area (Å²) < 4.78 is 27.4. The van der Waals surface area contributed by atoms with Gasteiger partial charge in [0.15, 0.2) is 5.78 Å². The first-order chi connectivity index (χ1) is 6.50. The topological polar surface area (TPSA) is 34.9 Å². The number of aromatic nitrogens is 2. The molecular weight excluding hydrogens is 190 g/mol. The fourth-order valence-corrected chi connectivity index (χ4v) is 1.77. The molecule has 1 unspecified atom stereocenters. The summed E-state index contributed by atoms with van der Waals surface area (Å²) >= 11 is 0. The van der Waals surface area contributed by atoms with Crippen LogP contribution in [0.4, 0.5) is 8.78 Å². The highest BCUT2D eigenvalue weighted by Crippen LogP contribution is 2.35. The van der Waals surface area contributed by atoms with Crippen LogP contribution in [0.5, 0.6) is 0 Å². The molecule has 76 valence electrons. The molecule has 2 heterocycles. The van der Waals surface area contributed by atoms with Crippen molar-refractivity contribution < 1.29 is 13.6 Å². The highest BCUT2D eigenvalue weighted by Gasteiger charge is 2.40. The van der Waals surface area contributed by atoms with E-state index in [1.165, 1.54) is 12.3 Å². The second-order valence-electron chi connectivity index (χ2n) is 3.59. The van der Waals surface area contributed by atoms with Gasteiger partial charge in [-0.1, -0.05) is 0 Å². The van der Waals surface area contributed by atoms with Gasteiger partial charge in [-0.3, -0.25) is 9.48 Å². The summed E-state index contributed by atoms with van der Waals surface area (Å²) in [4.78, 5) is 11.3. The van der Waals surface area contributed by atoms with Crippen molar-refractivity contribution in [1.82, 2.24) is 9.78 Å². The molecule has 2 rings (SSSR count). The molecule has 3 nitrogen and oxygen atoms in total. The van der Waals surface area contributed by atoms with Crippen molar-refractivity contribution in [3.05, 3.63) is 18.0 Å². The van der Waals surface area contributed by atoms with E-state index in [4.69, 9.17) is 0 Å². The largest absolute Gasteiger partial charge is 0.292 e. The number of carbonyl (C=O) groups is 1. The molecule has 1 aliphatic heterocycles. The summed E-state index contributed by atoms with van der Waals surface area (Å²) in [6, 6.07) is 0.505. The van der Waals surface area contributed by atoms with Gasteiger partial charge in [0.2, 0.25) is 0 Å². The SMILES string of the molecule is CC(F)(F)C1CCC(=O)c2ccnn21. The average Bonchev–Trinajstić information content (AvgIpc) is 2.50. The van der Waals surface area contributed by atoms with E-state index in [9.17, 15) is 13.6 Å². The van der Waals surface area contributed by atoms with Gasteiger partial charge in [-0.25, -0.2) is 8.78 Å². The highest BCUT2D eigenvalue weighted by molar-refractivity contribution is 5.95. The van der Waals surface area contributed by atoms with Gasteiger partial charge in [0, 0.05) is 19.5 Å². The van der Waals surface area contributed by atoms with Crippen LogP contribution in [0.2, 0.25) is 0 Å². The maximum Gasteiger partial charge on any atom is 0.267 e. The van der Waals surface area contributed by atoms with Gasteiger partial charge in [0.25, 0.3) is 5.92 Å². The van der Waals surface area contributed by atoms with Crippen LogP contribution in [-0.2, 0) is 0 Å². The van der Waals surface area contributed by atoms with E-state index in [0.717, 1.165) is 11.6 Å². The van der Waals surface area contributed by atoms with Gasteiger partial charge in [0.05, 0.1) is 0 Å². The van der Waals surface area contributed by atoms with Crippen molar-refractivity contribution in [2.24, 2.45) is 0 Å². The number of Topliss-reactive ketones (excluding diaryl/α,β-unsaturated/α-hetero) is 1. The third kappa shape index (κ3) is 1.32. The zero-order valence-corrected chi connectivity index (χ0v) is 7.70. The third-order valence-corrected chi connectivity index (χ3v) is 2.48. The van der Waals surface area contributed by atoms with Crippen molar-refractivity contribution in [3.8, 4) is 0 Å². The molecule has 0 bridgehead atoms. The molecular formula is C9H10F2N2O. The molecule has 1 aromatic rings. The van der Waals surface area contributed by atoms with Gasteiger partial charge in [0.1, 0.15) is 11.7 Å². The second-order valence-corrected chi connectivity index (χ2v) is 3.59. The van der Waals surface area contributed by atoms with Crippen LogP contribution >= 0.6 is 0 Å². The van der Waals surface area contributed by atoms with Crippen LogP contribution in [0.3, 0.4) is 0 Å². The van der Waals surface area contributed by atoms with E-state index in [-0.39, 0.29) is 18.6 Å². The first-order valence-electron chi connectivity index (χ1n) is 4.44. The summed E-state index contributed by atoms with van der Waals surface area (Å²) in [6.07, 6.45) is 1.73. The number of ketones is 1. The Labute approximate surface area is 79.7 Å². The van der Waals surface area contributed by atoms with Crippen LogP contribution in [-0.4, -0.2) is 21.5 Å². The number of nitrogens with zero attached hydrogens (tertiary/aromatic N) is 2. The van der Waals surface area contributed by atoms with Gasteiger partial charge >= 0.3 is 0 Å². The number of halogens is 2. The van der Waals surface area contributed by atoms with Gasteiger partial charge in [-0.05, 0) is 12.5 Å². The zero-order chi connectivity index (χ0) is 10.3. The summed E-state index contributed by atoms with van der Waals surface area (Å²) in [5.41, 5.74) is 0.294. The van der Waals surface area contributed by atoms with Crippen LogP contribution in [0, 0.1) is 0 Å². The molecule has 0 radical (unpaired) electrons. The van der Waals surface area contributed by atoms with E-state index in [1.54, 1.807) is 0 Å². The van der Waals surface area contributed by atoms with Gasteiger partial charge < -0.3 is 0 Å². The lowest BCUT2D eigenvalue weighted by Crippen LogP contribution is -2.34. The maximum atomic E-state index is 13.1. The summed E-state index contributed by atoms with van der Waals surface area (Å²) in [6.45, 7) is 0.860. The van der Waals surface area contributed by atoms with E-state index in [2.05, 4.69) is 5.10 Å². The molecule has 5 heteroatoms. The fraction of sp³-hybridized carbons (Fsp3) is 0.556. The van der Waals surface area contributed by atoms with Crippen LogP contribution in [0.1, 0.15) is 36.3 Å². The molecule has 1 aliphatic rings. The Morgan fingerprint density at radius 3 is 3.00 bits per heavy atom. The molecule has 1 atom stereocenters. The number of hydrogen-bond acceptors (Lipinski definition) is 2.